The molecule has 16 heavy (non-hydrogen) atoms. The van der Waals surface area contributed by atoms with Crippen LogP contribution < -0.4 is 0 Å². The van der Waals surface area contributed by atoms with Crippen LogP contribution in [-0.2, 0) is 10.2 Å². The number of benzene rings is 1. The highest BCUT2D eigenvalue weighted by atomic mass is 16.1. The van der Waals surface area contributed by atoms with Gasteiger partial charge in [-0.25, -0.2) is 0 Å². The van der Waals surface area contributed by atoms with Crippen molar-refractivity contribution in [3.8, 4) is 0 Å². The zero-order valence-corrected chi connectivity index (χ0v) is 9.95. The van der Waals surface area contributed by atoms with E-state index in [9.17, 15) is 4.79 Å². The van der Waals surface area contributed by atoms with Gasteiger partial charge >= 0.3 is 0 Å². The summed E-state index contributed by atoms with van der Waals surface area (Å²) in [6, 6.07) is 8.20. The third-order valence-corrected chi connectivity index (χ3v) is 3.63. The maximum Gasteiger partial charge on any atom is 0.123 e. The van der Waals surface area contributed by atoms with Gasteiger partial charge in [-0.1, -0.05) is 39.0 Å². The molecule has 1 aromatic carbocycles. The van der Waals surface area contributed by atoms with E-state index in [0.29, 0.717) is 0 Å². The first-order valence-electron chi connectivity index (χ1n) is 5.59. The van der Waals surface area contributed by atoms with Gasteiger partial charge in [-0.05, 0) is 11.6 Å². The molecule has 0 bridgehead atoms. The monoisotopic (exact) mass is 215 g/mol. The number of rotatable bonds is 3. The Morgan fingerprint density at radius 2 is 2.00 bits per heavy atom. The molecule has 84 valence electrons. The number of fused-ring (bicyclic) bond motifs is 1. The fraction of sp³-hybridized carbons (Fsp3) is 0.357. The molecule has 1 N–H and O–H groups in total. The van der Waals surface area contributed by atoms with Crippen LogP contribution in [0.5, 0.6) is 0 Å². The van der Waals surface area contributed by atoms with Crippen LogP contribution in [0.2, 0.25) is 0 Å². The molecule has 2 aromatic rings. The van der Waals surface area contributed by atoms with E-state index in [4.69, 9.17) is 0 Å². The number of carbonyl (C=O) groups excluding carboxylic acids is 1. The number of aromatic amines is 1. The molecule has 0 aliphatic carbocycles. The Labute approximate surface area is 95.7 Å². The summed E-state index contributed by atoms with van der Waals surface area (Å²) in [7, 11) is 0. The van der Waals surface area contributed by atoms with E-state index in [2.05, 4.69) is 31.0 Å². The summed E-state index contributed by atoms with van der Waals surface area (Å²) in [6.07, 6.45) is 3.05. The average molecular weight is 215 g/mol. The maximum atomic E-state index is 11.0. The Bertz CT molecular complexity index is 510. The van der Waals surface area contributed by atoms with Crippen molar-refractivity contribution in [1.29, 1.82) is 0 Å². The highest BCUT2D eigenvalue weighted by molar-refractivity contribution is 5.84. The summed E-state index contributed by atoms with van der Waals surface area (Å²) in [5.74, 6) is 0.00621. The number of hydrogen-bond acceptors (Lipinski definition) is 1. The SMILES string of the molecule is CC(C=O)C(C)(C)c1c[nH]c2ccccc12. The zero-order valence-electron chi connectivity index (χ0n) is 9.95. The number of nitrogens with one attached hydrogen (secondary N) is 1. The lowest BCUT2D eigenvalue weighted by Crippen LogP contribution is -2.27. The van der Waals surface area contributed by atoms with Crippen LogP contribution in [0, 0.1) is 5.92 Å². The number of aromatic nitrogens is 1. The molecule has 1 aromatic heterocycles. The lowest BCUT2D eigenvalue weighted by molar-refractivity contribution is -0.112. The van der Waals surface area contributed by atoms with Crippen molar-refractivity contribution >= 4 is 17.2 Å². The van der Waals surface area contributed by atoms with Crippen molar-refractivity contribution in [3.63, 3.8) is 0 Å². The van der Waals surface area contributed by atoms with Crippen molar-refractivity contribution in [2.45, 2.75) is 26.2 Å². The Morgan fingerprint density at radius 1 is 1.31 bits per heavy atom. The molecule has 2 nitrogen and oxygen atoms in total. The second-order valence-corrected chi connectivity index (χ2v) is 4.89. The highest BCUT2D eigenvalue weighted by Gasteiger charge is 2.29. The number of H-pyrrole nitrogens is 1. The molecule has 2 rings (SSSR count). The molecule has 0 saturated carbocycles. The van der Waals surface area contributed by atoms with Gasteiger partial charge in [0.15, 0.2) is 0 Å². The van der Waals surface area contributed by atoms with Gasteiger partial charge in [-0.3, -0.25) is 0 Å². The van der Waals surface area contributed by atoms with E-state index in [1.807, 2.05) is 25.3 Å². The third kappa shape index (κ3) is 1.54. The summed E-state index contributed by atoms with van der Waals surface area (Å²) in [5.41, 5.74) is 2.20. The highest BCUT2D eigenvalue weighted by Crippen LogP contribution is 2.35. The van der Waals surface area contributed by atoms with Gasteiger partial charge in [0, 0.05) is 28.4 Å². The summed E-state index contributed by atoms with van der Waals surface area (Å²) >= 11 is 0. The Kier molecular flexibility index (Phi) is 2.58. The molecule has 2 heteroatoms. The lowest BCUT2D eigenvalue weighted by atomic mass is 9.75. The number of hydrogen-bond donors (Lipinski definition) is 1. The van der Waals surface area contributed by atoms with Crippen molar-refractivity contribution in [1.82, 2.24) is 4.98 Å². The maximum absolute atomic E-state index is 11.0. The number of carbonyl (C=O) groups is 1. The van der Waals surface area contributed by atoms with Crippen LogP contribution in [0.15, 0.2) is 30.5 Å². The molecule has 0 radical (unpaired) electrons. The van der Waals surface area contributed by atoms with E-state index in [-0.39, 0.29) is 11.3 Å². The van der Waals surface area contributed by atoms with Gasteiger partial charge in [-0.2, -0.15) is 0 Å². The van der Waals surface area contributed by atoms with Gasteiger partial charge in [0.25, 0.3) is 0 Å². The standard InChI is InChI=1S/C14H17NO/c1-10(9-16)14(2,3)12-8-15-13-7-5-4-6-11(12)13/h4-10,15H,1-3H3. The first kappa shape index (κ1) is 10.9. The van der Waals surface area contributed by atoms with Gasteiger partial charge in [0.05, 0.1) is 0 Å². The van der Waals surface area contributed by atoms with Crippen molar-refractivity contribution in [2.75, 3.05) is 0 Å². The van der Waals surface area contributed by atoms with E-state index >= 15 is 0 Å². The molecule has 0 amide bonds. The molecule has 0 saturated heterocycles. The molecular weight excluding hydrogens is 198 g/mol. The predicted molar refractivity (Wildman–Crippen MR) is 66.6 cm³/mol. The van der Waals surface area contributed by atoms with Crippen molar-refractivity contribution < 1.29 is 4.79 Å². The number of para-hydroxylation sites is 1. The molecule has 0 spiro atoms. The minimum Gasteiger partial charge on any atom is -0.361 e. The zero-order chi connectivity index (χ0) is 11.8. The van der Waals surface area contributed by atoms with Gasteiger partial charge in [0.2, 0.25) is 0 Å². The van der Waals surface area contributed by atoms with Crippen LogP contribution in [-0.4, -0.2) is 11.3 Å². The van der Waals surface area contributed by atoms with E-state index in [0.717, 1.165) is 11.8 Å². The molecule has 0 fully saturated rings. The Hall–Kier alpha value is -1.57. The van der Waals surface area contributed by atoms with E-state index in [1.54, 1.807) is 0 Å². The second-order valence-electron chi connectivity index (χ2n) is 4.89. The summed E-state index contributed by atoms with van der Waals surface area (Å²) in [6.45, 7) is 6.19. The second kappa shape index (κ2) is 3.78. The summed E-state index contributed by atoms with van der Waals surface area (Å²) in [5, 5.41) is 1.21. The predicted octanol–water partition coefficient (Wildman–Crippen LogP) is 3.28. The Morgan fingerprint density at radius 3 is 2.69 bits per heavy atom. The average Bonchev–Trinajstić information content (AvgIpc) is 2.72. The van der Waals surface area contributed by atoms with Gasteiger partial charge in [-0.15, -0.1) is 0 Å². The first-order chi connectivity index (χ1) is 7.57. The molecule has 0 aliphatic heterocycles. The van der Waals surface area contributed by atoms with Crippen LogP contribution in [0.3, 0.4) is 0 Å². The van der Waals surface area contributed by atoms with Gasteiger partial charge < -0.3 is 9.78 Å². The quantitative estimate of drug-likeness (QED) is 0.783. The van der Waals surface area contributed by atoms with Gasteiger partial charge in [0.1, 0.15) is 6.29 Å². The fourth-order valence-corrected chi connectivity index (χ4v) is 2.02. The number of aldehydes is 1. The minimum absolute atomic E-state index is 0.00621. The summed E-state index contributed by atoms with van der Waals surface area (Å²) in [4.78, 5) is 14.2. The molecule has 1 atom stereocenters. The first-order valence-corrected chi connectivity index (χ1v) is 5.59. The van der Waals surface area contributed by atoms with E-state index in [1.165, 1.54) is 10.9 Å². The molecular formula is C14H17NO. The molecule has 0 aliphatic rings. The van der Waals surface area contributed by atoms with Crippen LogP contribution >= 0.6 is 0 Å². The largest absolute Gasteiger partial charge is 0.361 e. The minimum atomic E-state index is -0.138. The van der Waals surface area contributed by atoms with Crippen molar-refractivity contribution in [3.05, 3.63) is 36.0 Å². The lowest BCUT2D eigenvalue weighted by Gasteiger charge is -2.27. The fourth-order valence-electron chi connectivity index (χ4n) is 2.02. The summed E-state index contributed by atoms with van der Waals surface area (Å²) < 4.78 is 0. The van der Waals surface area contributed by atoms with E-state index < -0.39 is 0 Å². The smallest absolute Gasteiger partial charge is 0.123 e. The van der Waals surface area contributed by atoms with Crippen LogP contribution in [0.1, 0.15) is 26.3 Å². The molecule has 1 heterocycles. The van der Waals surface area contributed by atoms with Crippen molar-refractivity contribution in [2.24, 2.45) is 5.92 Å². The third-order valence-electron chi connectivity index (χ3n) is 3.63. The van der Waals surface area contributed by atoms with Crippen LogP contribution in [0.4, 0.5) is 0 Å². The normalized spacial score (nSPS) is 13.9. The molecule has 1 unspecified atom stereocenters. The van der Waals surface area contributed by atoms with Crippen LogP contribution in [0.25, 0.3) is 10.9 Å². The Balaban J connectivity index is 2.59. The topological polar surface area (TPSA) is 32.9 Å².